The van der Waals surface area contributed by atoms with Gasteiger partial charge in [0.15, 0.2) is 0 Å². The summed E-state index contributed by atoms with van der Waals surface area (Å²) in [6, 6.07) is 6.33. The summed E-state index contributed by atoms with van der Waals surface area (Å²) in [5.41, 5.74) is 1.65. The van der Waals surface area contributed by atoms with E-state index in [2.05, 4.69) is 19.8 Å². The smallest absolute Gasteiger partial charge is 0.369 e. The largest absolute Gasteiger partial charge is 0.416 e. The second-order valence-electron chi connectivity index (χ2n) is 11.1. The Morgan fingerprint density at radius 3 is 2.31 bits per heavy atom. The average molecular weight is 547 g/mol. The van der Waals surface area contributed by atoms with Crippen LogP contribution >= 0.6 is 0 Å². The Kier molecular flexibility index (Phi) is 8.00. The summed E-state index contributed by atoms with van der Waals surface area (Å²) in [5.74, 6) is -0.0622. The minimum atomic E-state index is -4.38. The van der Waals surface area contributed by atoms with E-state index < -0.39 is 11.7 Å². The monoisotopic (exact) mass is 546 g/mol. The molecular weight excluding hydrogens is 509 g/mol. The number of carbonyl (C=O) groups is 2. The molecule has 2 saturated heterocycles. The molecule has 0 spiro atoms. The SMILES string of the molecule is CC(=O)C(C)Cc1ccn(C(=O)N2CCN(Cc3ccc(C(F)(F)F)cc3N3CCN(C4CC4)CC3)CC2)n1. The van der Waals surface area contributed by atoms with Gasteiger partial charge in [0, 0.05) is 89.2 Å². The van der Waals surface area contributed by atoms with Crippen molar-refractivity contribution in [2.45, 2.75) is 51.9 Å². The predicted molar refractivity (Wildman–Crippen MR) is 142 cm³/mol. The molecule has 39 heavy (non-hydrogen) atoms. The highest BCUT2D eigenvalue weighted by Crippen LogP contribution is 2.35. The number of amides is 1. The number of ketones is 1. The van der Waals surface area contributed by atoms with Crippen molar-refractivity contribution in [2.24, 2.45) is 5.92 Å². The van der Waals surface area contributed by atoms with Crippen LogP contribution in [0.1, 0.15) is 43.5 Å². The molecule has 0 radical (unpaired) electrons. The van der Waals surface area contributed by atoms with E-state index in [-0.39, 0.29) is 17.7 Å². The van der Waals surface area contributed by atoms with Gasteiger partial charge >= 0.3 is 12.2 Å². The molecule has 1 unspecified atom stereocenters. The number of halogens is 3. The molecule has 11 heteroatoms. The number of piperazine rings is 2. The zero-order chi connectivity index (χ0) is 27.7. The number of anilines is 1. The lowest BCUT2D eigenvalue weighted by Gasteiger charge is -2.39. The van der Waals surface area contributed by atoms with Crippen molar-refractivity contribution in [3.63, 3.8) is 0 Å². The van der Waals surface area contributed by atoms with Crippen LogP contribution in [-0.2, 0) is 23.9 Å². The zero-order valence-electron chi connectivity index (χ0n) is 22.7. The average Bonchev–Trinajstić information content (AvgIpc) is 3.66. The molecule has 3 aliphatic rings. The Labute approximate surface area is 227 Å². The number of aromatic nitrogens is 2. The van der Waals surface area contributed by atoms with E-state index >= 15 is 0 Å². The number of Topliss-reactive ketones (excluding diaryl/α,β-unsaturated/α-hetero) is 1. The molecule has 1 amide bonds. The van der Waals surface area contributed by atoms with E-state index in [4.69, 9.17) is 0 Å². The summed E-state index contributed by atoms with van der Waals surface area (Å²) in [5, 5.41) is 4.36. The third-order valence-electron chi connectivity index (χ3n) is 8.22. The molecule has 2 aromatic rings. The molecule has 8 nitrogen and oxygen atoms in total. The lowest BCUT2D eigenvalue weighted by Crippen LogP contribution is -2.50. The highest BCUT2D eigenvalue weighted by atomic mass is 19.4. The van der Waals surface area contributed by atoms with Crippen LogP contribution in [0.3, 0.4) is 0 Å². The van der Waals surface area contributed by atoms with E-state index in [1.165, 1.54) is 29.7 Å². The minimum absolute atomic E-state index is 0.0868. The Balaban J connectivity index is 1.21. The van der Waals surface area contributed by atoms with Crippen LogP contribution in [0.4, 0.5) is 23.7 Å². The number of hydrogen-bond donors (Lipinski definition) is 0. The van der Waals surface area contributed by atoms with Crippen molar-refractivity contribution >= 4 is 17.5 Å². The van der Waals surface area contributed by atoms with Crippen molar-refractivity contribution in [2.75, 3.05) is 57.3 Å². The van der Waals surface area contributed by atoms with E-state index in [0.29, 0.717) is 56.6 Å². The van der Waals surface area contributed by atoms with Gasteiger partial charge < -0.3 is 9.80 Å². The molecule has 0 bridgehead atoms. The van der Waals surface area contributed by atoms with Gasteiger partial charge in [0.05, 0.1) is 11.3 Å². The number of benzene rings is 1. The Morgan fingerprint density at radius 2 is 1.69 bits per heavy atom. The van der Waals surface area contributed by atoms with Gasteiger partial charge in [0.2, 0.25) is 0 Å². The normalized spacial score (nSPS) is 20.3. The molecule has 1 saturated carbocycles. The Morgan fingerprint density at radius 1 is 1.00 bits per heavy atom. The molecule has 0 N–H and O–H groups in total. The summed E-state index contributed by atoms with van der Waals surface area (Å²) in [6.45, 7) is 9.40. The van der Waals surface area contributed by atoms with Gasteiger partial charge in [0.1, 0.15) is 5.78 Å². The van der Waals surface area contributed by atoms with Crippen LogP contribution in [0.15, 0.2) is 30.5 Å². The maximum Gasteiger partial charge on any atom is 0.416 e. The second kappa shape index (κ2) is 11.3. The Bertz CT molecular complexity index is 1180. The van der Waals surface area contributed by atoms with Gasteiger partial charge in [-0.3, -0.25) is 14.6 Å². The molecule has 3 fully saturated rings. The fourth-order valence-corrected chi connectivity index (χ4v) is 5.45. The van der Waals surface area contributed by atoms with Crippen LogP contribution in [0.5, 0.6) is 0 Å². The van der Waals surface area contributed by atoms with Crippen LogP contribution in [-0.4, -0.2) is 94.7 Å². The lowest BCUT2D eigenvalue weighted by molar-refractivity contribution is -0.137. The standard InChI is InChI=1S/C28H37F3N6O2/c1-20(21(2)38)17-24-7-8-37(32-24)27(39)36-11-9-33(10-12-36)19-22-3-4-23(28(29,30)31)18-26(22)35-15-13-34(14-16-35)25-5-6-25/h3-4,7-8,18,20,25H,5-6,9-17,19H2,1-2H3. The molecule has 1 atom stereocenters. The molecule has 212 valence electrons. The zero-order valence-corrected chi connectivity index (χ0v) is 22.7. The maximum atomic E-state index is 13.6. The summed E-state index contributed by atoms with van der Waals surface area (Å²) in [4.78, 5) is 33.0. The molecule has 1 aromatic carbocycles. The quantitative estimate of drug-likeness (QED) is 0.528. The van der Waals surface area contributed by atoms with Crippen LogP contribution in [0.25, 0.3) is 0 Å². The summed E-state index contributed by atoms with van der Waals surface area (Å²) < 4.78 is 42.0. The molecular formula is C28H37F3N6O2. The maximum absolute atomic E-state index is 13.6. The van der Waals surface area contributed by atoms with Crippen molar-refractivity contribution in [1.82, 2.24) is 24.5 Å². The number of nitrogens with zero attached hydrogens (tertiary/aromatic N) is 6. The molecule has 3 heterocycles. The number of carbonyl (C=O) groups excluding carboxylic acids is 2. The highest BCUT2D eigenvalue weighted by Gasteiger charge is 2.34. The van der Waals surface area contributed by atoms with Gasteiger partial charge in [-0.05, 0) is 43.5 Å². The van der Waals surface area contributed by atoms with E-state index in [1.54, 1.807) is 30.2 Å². The molecule has 1 aliphatic carbocycles. The summed E-state index contributed by atoms with van der Waals surface area (Å²) in [7, 11) is 0. The minimum Gasteiger partial charge on any atom is -0.369 e. The highest BCUT2D eigenvalue weighted by molar-refractivity contribution is 5.78. The molecule has 5 rings (SSSR count). The second-order valence-corrected chi connectivity index (χ2v) is 11.1. The first-order valence-electron chi connectivity index (χ1n) is 13.8. The van der Waals surface area contributed by atoms with Gasteiger partial charge in [-0.1, -0.05) is 13.0 Å². The summed E-state index contributed by atoms with van der Waals surface area (Å²) in [6.07, 6.45) is 0.197. The fraction of sp³-hybridized carbons (Fsp3) is 0.607. The molecule has 1 aromatic heterocycles. The fourth-order valence-electron chi connectivity index (χ4n) is 5.45. The first-order chi connectivity index (χ1) is 18.6. The van der Waals surface area contributed by atoms with Crippen molar-refractivity contribution < 1.29 is 22.8 Å². The van der Waals surface area contributed by atoms with Crippen molar-refractivity contribution in [3.8, 4) is 0 Å². The predicted octanol–water partition coefficient (Wildman–Crippen LogP) is 3.74. The van der Waals surface area contributed by atoms with Crippen molar-refractivity contribution in [1.29, 1.82) is 0 Å². The van der Waals surface area contributed by atoms with E-state index in [1.807, 2.05) is 6.92 Å². The van der Waals surface area contributed by atoms with Crippen molar-refractivity contribution in [3.05, 3.63) is 47.3 Å². The first-order valence-corrected chi connectivity index (χ1v) is 13.8. The number of rotatable bonds is 7. The van der Waals surface area contributed by atoms with Gasteiger partial charge in [-0.2, -0.15) is 23.0 Å². The first kappa shape index (κ1) is 27.6. The van der Waals surface area contributed by atoms with Crippen LogP contribution in [0, 0.1) is 5.92 Å². The van der Waals surface area contributed by atoms with E-state index in [9.17, 15) is 22.8 Å². The number of hydrogen-bond acceptors (Lipinski definition) is 6. The summed E-state index contributed by atoms with van der Waals surface area (Å²) >= 11 is 0. The van der Waals surface area contributed by atoms with Gasteiger partial charge in [0.25, 0.3) is 0 Å². The topological polar surface area (TPSA) is 64.9 Å². The third kappa shape index (κ3) is 6.63. The van der Waals surface area contributed by atoms with E-state index in [0.717, 1.165) is 31.7 Å². The van der Waals surface area contributed by atoms with Gasteiger partial charge in [-0.25, -0.2) is 4.79 Å². The van der Waals surface area contributed by atoms with Crippen LogP contribution < -0.4 is 4.90 Å². The van der Waals surface area contributed by atoms with Crippen LogP contribution in [0.2, 0.25) is 0 Å². The molecule has 2 aliphatic heterocycles. The third-order valence-corrected chi connectivity index (χ3v) is 8.22. The number of alkyl halides is 3. The Hall–Kier alpha value is -2.92. The lowest BCUT2D eigenvalue weighted by atomic mass is 10.0. The van der Waals surface area contributed by atoms with Gasteiger partial charge in [-0.15, -0.1) is 0 Å².